The van der Waals surface area contributed by atoms with E-state index in [0.29, 0.717) is 6.54 Å². The van der Waals surface area contributed by atoms with Crippen LogP contribution in [0.25, 0.3) is 0 Å². The zero-order chi connectivity index (χ0) is 12.5. The van der Waals surface area contributed by atoms with Gasteiger partial charge in [0.25, 0.3) is 11.8 Å². The predicted molar refractivity (Wildman–Crippen MR) is 63.4 cm³/mol. The molecule has 0 aliphatic carbocycles. The van der Waals surface area contributed by atoms with Crippen molar-refractivity contribution in [2.75, 3.05) is 13.2 Å². The molecule has 18 heavy (non-hydrogen) atoms. The molecule has 2 aliphatic heterocycles. The molecule has 2 aliphatic rings. The summed E-state index contributed by atoms with van der Waals surface area (Å²) >= 11 is 0. The van der Waals surface area contributed by atoms with Gasteiger partial charge in [0.2, 0.25) is 0 Å². The van der Waals surface area contributed by atoms with E-state index < -0.39 is 0 Å². The van der Waals surface area contributed by atoms with Crippen LogP contribution in [-0.4, -0.2) is 29.9 Å². The smallest absolute Gasteiger partial charge is 0.255 e. The summed E-state index contributed by atoms with van der Waals surface area (Å²) in [6.07, 6.45) is 0. The van der Waals surface area contributed by atoms with Crippen molar-refractivity contribution in [3.05, 3.63) is 34.9 Å². The number of nitrogens with zero attached hydrogens (tertiary/aromatic N) is 1. The molecule has 2 amide bonds. The maximum atomic E-state index is 11.6. The molecule has 1 aromatic carbocycles. The molecule has 1 fully saturated rings. The number of rotatable bonds is 2. The summed E-state index contributed by atoms with van der Waals surface area (Å²) < 4.78 is 4.89. The highest BCUT2D eigenvalue weighted by atomic mass is 16.5. The summed E-state index contributed by atoms with van der Waals surface area (Å²) in [7, 11) is 0. The number of benzene rings is 1. The first-order chi connectivity index (χ1) is 8.74. The standard InChI is InChI=1S/C13H14N2O3/c16-12-7-18-8-13(17)15(12)6-9-1-2-10-4-14-5-11(10)3-9/h1-3,14H,4-8H2. The molecule has 0 unspecified atom stereocenters. The summed E-state index contributed by atoms with van der Waals surface area (Å²) in [5.41, 5.74) is 3.53. The van der Waals surface area contributed by atoms with Crippen LogP contribution in [0.4, 0.5) is 0 Å². The summed E-state index contributed by atoms with van der Waals surface area (Å²) in [6, 6.07) is 6.09. The van der Waals surface area contributed by atoms with E-state index in [0.717, 1.165) is 18.7 Å². The molecule has 94 valence electrons. The molecule has 0 aromatic heterocycles. The van der Waals surface area contributed by atoms with Crippen molar-refractivity contribution in [2.24, 2.45) is 0 Å². The van der Waals surface area contributed by atoms with Gasteiger partial charge in [0.15, 0.2) is 0 Å². The quantitative estimate of drug-likeness (QED) is 0.756. The van der Waals surface area contributed by atoms with Crippen LogP contribution in [0.5, 0.6) is 0 Å². The zero-order valence-electron chi connectivity index (χ0n) is 9.94. The van der Waals surface area contributed by atoms with E-state index in [1.54, 1.807) is 0 Å². The third kappa shape index (κ3) is 2.02. The lowest BCUT2D eigenvalue weighted by atomic mass is 10.1. The maximum Gasteiger partial charge on any atom is 0.255 e. The summed E-state index contributed by atoms with van der Waals surface area (Å²) in [5.74, 6) is -0.519. The van der Waals surface area contributed by atoms with Crippen LogP contribution in [-0.2, 0) is 34.0 Å². The maximum absolute atomic E-state index is 11.6. The van der Waals surface area contributed by atoms with Gasteiger partial charge in [-0.25, -0.2) is 0 Å². The fourth-order valence-electron chi connectivity index (χ4n) is 2.33. The van der Waals surface area contributed by atoms with Crippen LogP contribution in [0.1, 0.15) is 16.7 Å². The average molecular weight is 246 g/mol. The van der Waals surface area contributed by atoms with Crippen LogP contribution in [0, 0.1) is 0 Å². The lowest BCUT2D eigenvalue weighted by molar-refractivity contribution is -0.159. The molecule has 2 heterocycles. The Balaban J connectivity index is 1.79. The topological polar surface area (TPSA) is 58.6 Å². The second-order valence-corrected chi connectivity index (χ2v) is 4.57. The Hall–Kier alpha value is -1.72. The molecule has 5 heteroatoms. The lowest BCUT2D eigenvalue weighted by Crippen LogP contribution is -2.45. The first-order valence-electron chi connectivity index (χ1n) is 5.96. The van der Waals surface area contributed by atoms with E-state index in [1.165, 1.54) is 16.0 Å². The Labute approximate surface area is 105 Å². The number of imide groups is 1. The van der Waals surface area contributed by atoms with Gasteiger partial charge in [0.05, 0.1) is 6.54 Å². The van der Waals surface area contributed by atoms with Gasteiger partial charge in [0.1, 0.15) is 13.2 Å². The minimum Gasteiger partial charge on any atom is -0.362 e. The van der Waals surface area contributed by atoms with Crippen molar-refractivity contribution in [3.63, 3.8) is 0 Å². The van der Waals surface area contributed by atoms with Gasteiger partial charge in [-0.3, -0.25) is 14.5 Å². The van der Waals surface area contributed by atoms with E-state index in [4.69, 9.17) is 4.74 Å². The lowest BCUT2D eigenvalue weighted by Gasteiger charge is -2.25. The van der Waals surface area contributed by atoms with E-state index in [1.807, 2.05) is 6.07 Å². The van der Waals surface area contributed by atoms with Crippen LogP contribution in [0.3, 0.4) is 0 Å². The molecule has 5 nitrogen and oxygen atoms in total. The number of nitrogens with one attached hydrogen (secondary N) is 1. The molecule has 1 N–H and O–H groups in total. The molecule has 0 radical (unpaired) electrons. The predicted octanol–water partition coefficient (Wildman–Crippen LogP) is 0.175. The summed E-state index contributed by atoms with van der Waals surface area (Å²) in [6.45, 7) is 2.09. The van der Waals surface area contributed by atoms with Crippen molar-refractivity contribution in [1.29, 1.82) is 0 Å². The van der Waals surface area contributed by atoms with Gasteiger partial charge >= 0.3 is 0 Å². The highest BCUT2D eigenvalue weighted by molar-refractivity contribution is 5.98. The largest absolute Gasteiger partial charge is 0.362 e. The number of hydrogen-bond donors (Lipinski definition) is 1. The van der Waals surface area contributed by atoms with Gasteiger partial charge in [0, 0.05) is 13.1 Å². The number of carbonyl (C=O) groups excluding carboxylic acids is 2. The molecule has 3 rings (SSSR count). The molecule has 1 aromatic rings. The number of ether oxygens (including phenoxy) is 1. The zero-order valence-corrected chi connectivity index (χ0v) is 9.94. The second kappa shape index (κ2) is 4.51. The first kappa shape index (κ1) is 11.4. The number of fused-ring (bicyclic) bond motifs is 1. The first-order valence-corrected chi connectivity index (χ1v) is 5.96. The van der Waals surface area contributed by atoms with Crippen LogP contribution < -0.4 is 5.32 Å². The minimum atomic E-state index is -0.259. The van der Waals surface area contributed by atoms with Crippen molar-refractivity contribution < 1.29 is 14.3 Å². The fraction of sp³-hybridized carbons (Fsp3) is 0.385. The molecule has 0 saturated carbocycles. The number of hydrogen-bond acceptors (Lipinski definition) is 4. The van der Waals surface area contributed by atoms with Crippen LogP contribution in [0.2, 0.25) is 0 Å². The summed E-state index contributed by atoms with van der Waals surface area (Å²) in [5, 5.41) is 3.27. The highest BCUT2D eigenvalue weighted by Gasteiger charge is 2.26. The molecular formula is C13H14N2O3. The van der Waals surface area contributed by atoms with E-state index in [9.17, 15) is 9.59 Å². The Morgan fingerprint density at radius 2 is 1.83 bits per heavy atom. The fourth-order valence-corrected chi connectivity index (χ4v) is 2.33. The molecule has 0 bridgehead atoms. The third-order valence-corrected chi connectivity index (χ3v) is 3.30. The molecule has 0 atom stereocenters. The third-order valence-electron chi connectivity index (χ3n) is 3.30. The van der Waals surface area contributed by atoms with Gasteiger partial charge in [-0.15, -0.1) is 0 Å². The number of morpholine rings is 1. The Kier molecular flexibility index (Phi) is 2.85. The van der Waals surface area contributed by atoms with E-state index in [-0.39, 0.29) is 25.0 Å². The van der Waals surface area contributed by atoms with Crippen molar-refractivity contribution in [1.82, 2.24) is 10.2 Å². The highest BCUT2D eigenvalue weighted by Crippen LogP contribution is 2.18. The van der Waals surface area contributed by atoms with E-state index >= 15 is 0 Å². The van der Waals surface area contributed by atoms with Gasteiger partial charge in [-0.1, -0.05) is 18.2 Å². The van der Waals surface area contributed by atoms with Crippen LogP contribution >= 0.6 is 0 Å². The normalized spacial score (nSPS) is 19.2. The number of amides is 2. The van der Waals surface area contributed by atoms with Crippen molar-refractivity contribution in [2.45, 2.75) is 19.6 Å². The average Bonchev–Trinajstić information content (AvgIpc) is 2.81. The SMILES string of the molecule is O=C1COCC(=O)N1Cc1ccc2c(c1)CNC2. The number of carbonyl (C=O) groups is 2. The van der Waals surface area contributed by atoms with E-state index in [2.05, 4.69) is 17.4 Å². The Morgan fingerprint density at radius 1 is 1.11 bits per heavy atom. The Bertz CT molecular complexity index is 497. The monoisotopic (exact) mass is 246 g/mol. The van der Waals surface area contributed by atoms with Gasteiger partial charge < -0.3 is 10.1 Å². The van der Waals surface area contributed by atoms with Crippen molar-refractivity contribution in [3.8, 4) is 0 Å². The molecule has 0 spiro atoms. The second-order valence-electron chi connectivity index (χ2n) is 4.57. The van der Waals surface area contributed by atoms with Crippen LogP contribution in [0.15, 0.2) is 18.2 Å². The molecule has 1 saturated heterocycles. The Morgan fingerprint density at radius 3 is 2.61 bits per heavy atom. The summed E-state index contributed by atoms with van der Waals surface area (Å²) in [4.78, 5) is 24.5. The van der Waals surface area contributed by atoms with Gasteiger partial charge in [-0.05, 0) is 16.7 Å². The van der Waals surface area contributed by atoms with Crippen molar-refractivity contribution >= 4 is 11.8 Å². The minimum absolute atomic E-state index is 0.00175. The van der Waals surface area contributed by atoms with Gasteiger partial charge in [-0.2, -0.15) is 0 Å². The molecular weight excluding hydrogens is 232 g/mol.